The molecule has 0 heterocycles. The van der Waals surface area contributed by atoms with Gasteiger partial charge in [0.2, 0.25) is 11.8 Å². The van der Waals surface area contributed by atoms with Crippen LogP contribution in [0.15, 0.2) is 42.5 Å². The molecule has 2 rings (SSSR count). The van der Waals surface area contributed by atoms with Crippen molar-refractivity contribution in [3.63, 3.8) is 0 Å². The zero-order valence-corrected chi connectivity index (χ0v) is 20.8. The molecule has 0 spiro atoms. The van der Waals surface area contributed by atoms with E-state index in [4.69, 9.17) is 39.5 Å². The fourth-order valence-corrected chi connectivity index (χ4v) is 3.40. The third-order valence-electron chi connectivity index (χ3n) is 4.81. The normalized spacial score (nSPS) is 11.8. The van der Waals surface area contributed by atoms with Gasteiger partial charge in [-0.3, -0.25) is 9.59 Å². The SMILES string of the molecule is CC(C)CNC(=O)[C@H](C)N(Cc1ccc(Cl)c(Cl)c1)C(=O)CCCOc1ccc(Cl)cc1. The molecule has 0 aliphatic rings. The van der Waals surface area contributed by atoms with Gasteiger partial charge in [-0.05, 0) is 61.2 Å². The van der Waals surface area contributed by atoms with Crippen molar-refractivity contribution in [1.82, 2.24) is 10.2 Å². The second kappa shape index (κ2) is 12.9. The van der Waals surface area contributed by atoms with Gasteiger partial charge in [0.1, 0.15) is 11.8 Å². The summed E-state index contributed by atoms with van der Waals surface area (Å²) >= 11 is 18.0. The molecule has 2 amide bonds. The van der Waals surface area contributed by atoms with Crippen LogP contribution in [-0.2, 0) is 16.1 Å². The molecule has 0 bridgehead atoms. The summed E-state index contributed by atoms with van der Waals surface area (Å²) in [5.74, 6) is 0.679. The number of nitrogens with zero attached hydrogens (tertiary/aromatic N) is 1. The highest BCUT2D eigenvalue weighted by molar-refractivity contribution is 6.42. The smallest absolute Gasteiger partial charge is 0.242 e. The summed E-state index contributed by atoms with van der Waals surface area (Å²) in [6, 6.07) is 11.6. The van der Waals surface area contributed by atoms with E-state index in [0.29, 0.717) is 46.3 Å². The summed E-state index contributed by atoms with van der Waals surface area (Å²) < 4.78 is 5.67. The largest absolute Gasteiger partial charge is 0.494 e. The highest BCUT2D eigenvalue weighted by Gasteiger charge is 2.26. The van der Waals surface area contributed by atoms with Gasteiger partial charge < -0.3 is 15.0 Å². The number of rotatable bonds is 11. The highest BCUT2D eigenvalue weighted by atomic mass is 35.5. The lowest BCUT2D eigenvalue weighted by Crippen LogP contribution is -2.48. The number of nitrogens with one attached hydrogen (secondary N) is 1. The van der Waals surface area contributed by atoms with E-state index in [9.17, 15) is 9.59 Å². The van der Waals surface area contributed by atoms with Crippen molar-refractivity contribution in [3.05, 3.63) is 63.1 Å². The molecule has 1 atom stereocenters. The maximum Gasteiger partial charge on any atom is 0.242 e. The van der Waals surface area contributed by atoms with Gasteiger partial charge in [0.15, 0.2) is 0 Å². The highest BCUT2D eigenvalue weighted by Crippen LogP contribution is 2.24. The topological polar surface area (TPSA) is 58.6 Å². The van der Waals surface area contributed by atoms with Gasteiger partial charge >= 0.3 is 0 Å². The van der Waals surface area contributed by atoms with Gasteiger partial charge in [0, 0.05) is 24.5 Å². The standard InChI is InChI=1S/C24H29Cl3N2O3/c1-16(2)14-28-24(31)17(3)29(15-18-6-11-21(26)22(27)13-18)23(30)5-4-12-32-20-9-7-19(25)8-10-20/h6-11,13,16-17H,4-5,12,14-15H2,1-3H3,(H,28,31)/t17-/m0/s1. The summed E-state index contributed by atoms with van der Waals surface area (Å²) in [6.45, 7) is 6.95. The average molecular weight is 500 g/mol. The number of carbonyl (C=O) groups is 2. The number of halogens is 3. The molecule has 2 aromatic carbocycles. The van der Waals surface area contributed by atoms with Crippen molar-refractivity contribution in [2.45, 2.75) is 46.2 Å². The summed E-state index contributed by atoms with van der Waals surface area (Å²) in [6.07, 6.45) is 0.760. The molecular weight excluding hydrogens is 471 g/mol. The molecule has 32 heavy (non-hydrogen) atoms. The van der Waals surface area contributed by atoms with Crippen molar-refractivity contribution in [2.75, 3.05) is 13.2 Å². The molecule has 0 saturated carbocycles. The van der Waals surface area contributed by atoms with Crippen molar-refractivity contribution < 1.29 is 14.3 Å². The molecule has 0 aliphatic carbocycles. The van der Waals surface area contributed by atoms with Crippen LogP contribution in [0.4, 0.5) is 0 Å². The maximum atomic E-state index is 13.1. The Kier molecular flexibility index (Phi) is 10.6. The first-order valence-corrected chi connectivity index (χ1v) is 11.7. The van der Waals surface area contributed by atoms with Crippen LogP contribution in [-0.4, -0.2) is 35.9 Å². The molecule has 0 saturated heterocycles. The van der Waals surface area contributed by atoms with E-state index in [1.807, 2.05) is 13.8 Å². The Morgan fingerprint density at radius 1 is 1.00 bits per heavy atom. The van der Waals surface area contributed by atoms with E-state index >= 15 is 0 Å². The molecule has 0 aliphatic heterocycles. The zero-order chi connectivity index (χ0) is 23.7. The van der Waals surface area contributed by atoms with Crippen LogP contribution in [0, 0.1) is 5.92 Å². The van der Waals surface area contributed by atoms with Crippen LogP contribution < -0.4 is 10.1 Å². The van der Waals surface area contributed by atoms with Crippen LogP contribution in [0.5, 0.6) is 5.75 Å². The second-order valence-electron chi connectivity index (χ2n) is 7.99. The minimum atomic E-state index is -0.632. The summed E-state index contributed by atoms with van der Waals surface area (Å²) in [5, 5.41) is 4.38. The fourth-order valence-electron chi connectivity index (χ4n) is 2.96. The number of ether oxygens (including phenoxy) is 1. The number of carbonyl (C=O) groups excluding carboxylic acids is 2. The Morgan fingerprint density at radius 3 is 2.31 bits per heavy atom. The average Bonchev–Trinajstić information content (AvgIpc) is 2.76. The quantitative estimate of drug-likeness (QED) is 0.386. The number of benzene rings is 2. The predicted molar refractivity (Wildman–Crippen MR) is 131 cm³/mol. The maximum absolute atomic E-state index is 13.1. The lowest BCUT2D eigenvalue weighted by atomic mass is 10.1. The van der Waals surface area contributed by atoms with E-state index in [1.165, 1.54) is 0 Å². The summed E-state index contributed by atoms with van der Waals surface area (Å²) in [4.78, 5) is 27.3. The molecule has 0 unspecified atom stereocenters. The van der Waals surface area contributed by atoms with Gasteiger partial charge in [-0.2, -0.15) is 0 Å². The van der Waals surface area contributed by atoms with Crippen molar-refractivity contribution in [2.24, 2.45) is 5.92 Å². The number of hydrogen-bond donors (Lipinski definition) is 1. The molecular formula is C24H29Cl3N2O3. The van der Waals surface area contributed by atoms with Gasteiger partial charge in [0.25, 0.3) is 0 Å². The van der Waals surface area contributed by atoms with Gasteiger partial charge in [-0.25, -0.2) is 0 Å². The molecule has 2 aromatic rings. The first kappa shape index (κ1) is 26.3. The summed E-state index contributed by atoms with van der Waals surface area (Å²) in [7, 11) is 0. The van der Waals surface area contributed by atoms with Crippen LogP contribution in [0.3, 0.4) is 0 Å². The van der Waals surface area contributed by atoms with E-state index in [-0.39, 0.29) is 24.8 Å². The first-order chi connectivity index (χ1) is 15.2. The molecule has 5 nitrogen and oxygen atoms in total. The molecule has 0 radical (unpaired) electrons. The first-order valence-electron chi connectivity index (χ1n) is 10.6. The lowest BCUT2D eigenvalue weighted by Gasteiger charge is -2.29. The fraction of sp³-hybridized carbons (Fsp3) is 0.417. The van der Waals surface area contributed by atoms with E-state index in [0.717, 1.165) is 5.56 Å². The van der Waals surface area contributed by atoms with Crippen LogP contribution in [0.2, 0.25) is 15.1 Å². The lowest BCUT2D eigenvalue weighted by molar-refractivity contribution is -0.140. The van der Waals surface area contributed by atoms with Crippen molar-refractivity contribution >= 4 is 46.6 Å². The van der Waals surface area contributed by atoms with Gasteiger partial charge in [-0.1, -0.05) is 54.7 Å². The van der Waals surface area contributed by atoms with Crippen LogP contribution in [0.25, 0.3) is 0 Å². The third kappa shape index (κ3) is 8.53. The molecule has 0 aromatic heterocycles. The Balaban J connectivity index is 2.02. The predicted octanol–water partition coefficient (Wildman–Crippen LogP) is 6.00. The monoisotopic (exact) mass is 498 g/mol. The molecule has 0 fully saturated rings. The molecule has 1 N–H and O–H groups in total. The van der Waals surface area contributed by atoms with Gasteiger partial charge in [-0.15, -0.1) is 0 Å². The Labute approximate surface area is 205 Å². The van der Waals surface area contributed by atoms with Gasteiger partial charge in [0.05, 0.1) is 16.7 Å². The van der Waals surface area contributed by atoms with Crippen molar-refractivity contribution in [3.8, 4) is 5.75 Å². The van der Waals surface area contributed by atoms with Crippen LogP contribution >= 0.6 is 34.8 Å². The zero-order valence-electron chi connectivity index (χ0n) is 18.5. The Morgan fingerprint density at radius 2 is 1.69 bits per heavy atom. The molecule has 8 heteroatoms. The van der Waals surface area contributed by atoms with E-state index in [1.54, 1.807) is 54.3 Å². The Bertz CT molecular complexity index is 904. The minimum Gasteiger partial charge on any atom is -0.494 e. The van der Waals surface area contributed by atoms with Crippen molar-refractivity contribution in [1.29, 1.82) is 0 Å². The number of hydrogen-bond acceptors (Lipinski definition) is 3. The van der Waals surface area contributed by atoms with E-state index < -0.39 is 6.04 Å². The third-order valence-corrected chi connectivity index (χ3v) is 5.80. The Hall–Kier alpha value is -1.95. The molecule has 174 valence electrons. The summed E-state index contributed by atoms with van der Waals surface area (Å²) in [5.41, 5.74) is 0.800. The minimum absolute atomic E-state index is 0.136. The van der Waals surface area contributed by atoms with Crippen LogP contribution in [0.1, 0.15) is 39.2 Å². The van der Waals surface area contributed by atoms with E-state index in [2.05, 4.69) is 5.32 Å². The second-order valence-corrected chi connectivity index (χ2v) is 9.24. The number of amides is 2.